The Morgan fingerprint density at radius 3 is 2.57 bits per heavy atom. The van der Waals surface area contributed by atoms with E-state index in [1.54, 1.807) is 0 Å². The Hall–Kier alpha value is -0.960. The summed E-state index contributed by atoms with van der Waals surface area (Å²) < 4.78 is 0. The molecule has 4 aliphatic carbocycles. The van der Waals surface area contributed by atoms with Crippen LogP contribution in [0.5, 0.6) is 0 Å². The Morgan fingerprint density at radius 2 is 1.83 bits per heavy atom. The van der Waals surface area contributed by atoms with Gasteiger partial charge in [0.25, 0.3) is 0 Å². The summed E-state index contributed by atoms with van der Waals surface area (Å²) in [7, 11) is 0. The zero-order valence-corrected chi connectivity index (χ0v) is 14.5. The highest BCUT2D eigenvalue weighted by atomic mass is 16.3. The van der Waals surface area contributed by atoms with Crippen LogP contribution in [0.4, 0.5) is 0 Å². The van der Waals surface area contributed by atoms with Crippen molar-refractivity contribution in [2.24, 2.45) is 28.6 Å². The Bertz CT molecular complexity index is 620. The molecule has 3 saturated carbocycles. The number of hydrogen-bond acceptors (Lipinski definition) is 3. The molecule has 0 spiro atoms. The molecule has 0 aromatic carbocycles. The van der Waals surface area contributed by atoms with Crippen LogP contribution in [-0.2, 0) is 9.59 Å². The van der Waals surface area contributed by atoms with Crippen LogP contribution in [0.2, 0.25) is 0 Å². The monoisotopic (exact) mass is 316 g/mol. The van der Waals surface area contributed by atoms with Crippen molar-refractivity contribution < 1.29 is 14.7 Å². The second-order valence-corrected chi connectivity index (χ2v) is 9.06. The Morgan fingerprint density at radius 1 is 1.09 bits per heavy atom. The van der Waals surface area contributed by atoms with E-state index in [1.807, 2.05) is 6.08 Å². The van der Waals surface area contributed by atoms with Crippen molar-refractivity contribution in [1.82, 2.24) is 0 Å². The molecule has 0 radical (unpaired) electrons. The van der Waals surface area contributed by atoms with E-state index in [0.717, 1.165) is 37.7 Å². The first-order valence-corrected chi connectivity index (χ1v) is 9.23. The highest BCUT2D eigenvalue weighted by Crippen LogP contribution is 2.66. The molecule has 0 aromatic heterocycles. The van der Waals surface area contributed by atoms with Gasteiger partial charge in [-0.2, -0.15) is 0 Å². The number of carbonyl (C=O) groups is 2. The second kappa shape index (κ2) is 4.56. The van der Waals surface area contributed by atoms with Crippen molar-refractivity contribution >= 4 is 11.6 Å². The first kappa shape index (κ1) is 15.6. The van der Waals surface area contributed by atoms with E-state index >= 15 is 0 Å². The zero-order chi connectivity index (χ0) is 16.6. The lowest BCUT2D eigenvalue weighted by Crippen LogP contribution is -2.63. The molecule has 3 heteroatoms. The van der Waals surface area contributed by atoms with Gasteiger partial charge in [0.05, 0.1) is 5.60 Å². The number of fused-ring (bicyclic) bond motifs is 5. The minimum Gasteiger partial charge on any atom is -0.389 e. The fourth-order valence-corrected chi connectivity index (χ4v) is 6.62. The number of Topliss-reactive ketones (excluding diaryl/α,β-unsaturated/α-hetero) is 1. The standard InChI is InChI=1S/C20H28O3/c1-12-10-16-15-5-4-13-11-14(21)6-7-19(13,3)20(15,23)9-8-18(16,2)17(12)22/h11-12,15-16,23H,4-10H2,1-3H3/t12-,15-,16-,18-,19-,20+/m0/s1. The van der Waals surface area contributed by atoms with Crippen LogP contribution < -0.4 is 0 Å². The van der Waals surface area contributed by atoms with E-state index < -0.39 is 5.60 Å². The van der Waals surface area contributed by atoms with Gasteiger partial charge in [-0.05, 0) is 56.4 Å². The summed E-state index contributed by atoms with van der Waals surface area (Å²) in [5.74, 6) is 1.26. The molecule has 0 saturated heterocycles. The van der Waals surface area contributed by atoms with E-state index in [-0.39, 0.29) is 28.4 Å². The fourth-order valence-electron chi connectivity index (χ4n) is 6.62. The third-order valence-corrected chi connectivity index (χ3v) is 8.16. The van der Waals surface area contributed by atoms with Gasteiger partial charge in [-0.1, -0.05) is 26.3 Å². The molecule has 4 aliphatic rings. The molecule has 3 fully saturated rings. The third kappa shape index (κ3) is 1.75. The smallest absolute Gasteiger partial charge is 0.155 e. The summed E-state index contributed by atoms with van der Waals surface area (Å²) in [4.78, 5) is 24.5. The van der Waals surface area contributed by atoms with Gasteiger partial charge in [-0.3, -0.25) is 9.59 Å². The van der Waals surface area contributed by atoms with E-state index in [4.69, 9.17) is 0 Å². The minimum atomic E-state index is -0.744. The van der Waals surface area contributed by atoms with Crippen molar-refractivity contribution in [2.75, 3.05) is 0 Å². The predicted molar refractivity (Wildman–Crippen MR) is 87.7 cm³/mol. The molecule has 6 atom stereocenters. The summed E-state index contributed by atoms with van der Waals surface area (Å²) in [5.41, 5.74) is -0.0986. The molecule has 0 unspecified atom stereocenters. The van der Waals surface area contributed by atoms with Crippen molar-refractivity contribution in [3.05, 3.63) is 11.6 Å². The van der Waals surface area contributed by atoms with E-state index in [1.165, 1.54) is 0 Å². The van der Waals surface area contributed by atoms with Gasteiger partial charge in [0.1, 0.15) is 5.78 Å². The number of aliphatic hydroxyl groups is 1. The van der Waals surface area contributed by atoms with Crippen LogP contribution in [0, 0.1) is 28.6 Å². The Balaban J connectivity index is 1.77. The van der Waals surface area contributed by atoms with Crippen LogP contribution in [0.3, 0.4) is 0 Å². The molecule has 0 aromatic rings. The lowest BCUT2D eigenvalue weighted by atomic mass is 9.45. The van der Waals surface area contributed by atoms with Crippen molar-refractivity contribution in [3.8, 4) is 0 Å². The maximum Gasteiger partial charge on any atom is 0.155 e. The zero-order valence-electron chi connectivity index (χ0n) is 14.5. The molecule has 0 bridgehead atoms. The normalized spacial score (nSPS) is 52.5. The molecule has 23 heavy (non-hydrogen) atoms. The number of hydrogen-bond donors (Lipinski definition) is 1. The molecule has 3 nitrogen and oxygen atoms in total. The second-order valence-electron chi connectivity index (χ2n) is 9.06. The van der Waals surface area contributed by atoms with Gasteiger partial charge in [-0.15, -0.1) is 0 Å². The van der Waals surface area contributed by atoms with E-state index in [0.29, 0.717) is 24.5 Å². The average Bonchev–Trinajstić information content (AvgIpc) is 2.73. The third-order valence-electron chi connectivity index (χ3n) is 8.16. The van der Waals surface area contributed by atoms with Crippen molar-refractivity contribution in [1.29, 1.82) is 0 Å². The van der Waals surface area contributed by atoms with Crippen LogP contribution >= 0.6 is 0 Å². The van der Waals surface area contributed by atoms with Crippen LogP contribution in [0.25, 0.3) is 0 Å². The van der Waals surface area contributed by atoms with Gasteiger partial charge in [0.2, 0.25) is 0 Å². The van der Waals surface area contributed by atoms with E-state index in [9.17, 15) is 14.7 Å². The van der Waals surface area contributed by atoms with Gasteiger partial charge in [0.15, 0.2) is 5.78 Å². The molecule has 0 heterocycles. The van der Waals surface area contributed by atoms with Crippen LogP contribution in [-0.4, -0.2) is 22.3 Å². The van der Waals surface area contributed by atoms with Gasteiger partial charge in [0, 0.05) is 23.2 Å². The Kier molecular flexibility index (Phi) is 3.09. The number of carbonyl (C=O) groups excluding carboxylic acids is 2. The number of rotatable bonds is 0. The van der Waals surface area contributed by atoms with Gasteiger partial charge < -0.3 is 5.11 Å². The maximum atomic E-state index is 12.7. The molecule has 1 N–H and O–H groups in total. The molecule has 126 valence electrons. The Labute approximate surface area is 138 Å². The highest BCUT2D eigenvalue weighted by Gasteiger charge is 2.66. The summed E-state index contributed by atoms with van der Waals surface area (Å²) in [6.07, 6.45) is 7.37. The summed E-state index contributed by atoms with van der Waals surface area (Å²) in [6.45, 7) is 6.36. The summed E-state index contributed by atoms with van der Waals surface area (Å²) in [6, 6.07) is 0. The molecule has 4 rings (SSSR count). The predicted octanol–water partition coefficient (Wildman–Crippen LogP) is 3.45. The van der Waals surface area contributed by atoms with Gasteiger partial charge in [-0.25, -0.2) is 0 Å². The summed E-state index contributed by atoms with van der Waals surface area (Å²) in [5, 5.41) is 11.8. The first-order valence-electron chi connectivity index (χ1n) is 9.23. The maximum absolute atomic E-state index is 12.7. The average molecular weight is 316 g/mol. The SMILES string of the molecule is C[C@H]1C[C@H]2[C@@H]3CCC4=CC(=O)CC[C@]4(C)[C@@]3(O)CC[C@]2(C)C1=O. The topological polar surface area (TPSA) is 54.4 Å². The minimum absolute atomic E-state index is 0.130. The van der Waals surface area contributed by atoms with E-state index in [2.05, 4.69) is 20.8 Å². The molecular formula is C20H28O3. The highest BCUT2D eigenvalue weighted by molar-refractivity contribution is 5.92. The van der Waals surface area contributed by atoms with Crippen LogP contribution in [0.1, 0.15) is 65.7 Å². The van der Waals surface area contributed by atoms with Crippen LogP contribution in [0.15, 0.2) is 11.6 Å². The summed E-state index contributed by atoms with van der Waals surface area (Å²) >= 11 is 0. The van der Waals surface area contributed by atoms with Gasteiger partial charge >= 0.3 is 0 Å². The van der Waals surface area contributed by atoms with Crippen molar-refractivity contribution in [2.45, 2.75) is 71.3 Å². The molecule has 0 aliphatic heterocycles. The first-order chi connectivity index (χ1) is 10.7. The quantitative estimate of drug-likeness (QED) is 0.745. The van der Waals surface area contributed by atoms with Crippen molar-refractivity contribution in [3.63, 3.8) is 0 Å². The fraction of sp³-hybridized carbons (Fsp3) is 0.800. The molecule has 0 amide bonds. The molecular weight excluding hydrogens is 288 g/mol. The lowest BCUT2D eigenvalue weighted by molar-refractivity contribution is -0.188. The number of ketones is 2. The lowest BCUT2D eigenvalue weighted by Gasteiger charge is -2.61. The largest absolute Gasteiger partial charge is 0.389 e.